The van der Waals surface area contributed by atoms with Gasteiger partial charge < -0.3 is 9.47 Å². The molecule has 0 atom stereocenters. The number of nitrogens with zero attached hydrogens (tertiary/aromatic N) is 2. The van der Waals surface area contributed by atoms with Gasteiger partial charge in [-0.1, -0.05) is 30.7 Å². The van der Waals surface area contributed by atoms with Gasteiger partial charge in [-0.05, 0) is 18.6 Å². The third-order valence-corrected chi connectivity index (χ3v) is 2.69. The predicted molar refractivity (Wildman–Crippen MR) is 78.2 cm³/mol. The van der Waals surface area contributed by atoms with E-state index in [9.17, 15) is 10.1 Å². The zero-order valence-electron chi connectivity index (χ0n) is 11.3. The molecule has 1 aromatic carbocycles. The molecule has 0 bridgehead atoms. The van der Waals surface area contributed by atoms with Gasteiger partial charge in [0, 0.05) is 0 Å². The van der Waals surface area contributed by atoms with Gasteiger partial charge >= 0.3 is 0 Å². The maximum atomic E-state index is 10.8. The van der Waals surface area contributed by atoms with Gasteiger partial charge in [-0.3, -0.25) is 10.1 Å². The van der Waals surface area contributed by atoms with Crippen molar-refractivity contribution in [3.05, 3.63) is 51.7 Å². The molecule has 0 radical (unpaired) electrons. The summed E-state index contributed by atoms with van der Waals surface area (Å²) in [6.07, 6.45) is 0.856. The molecule has 0 spiro atoms. The molecule has 6 nitrogen and oxygen atoms in total. The van der Waals surface area contributed by atoms with E-state index in [1.165, 1.54) is 6.07 Å². The van der Waals surface area contributed by atoms with E-state index in [4.69, 9.17) is 21.1 Å². The van der Waals surface area contributed by atoms with E-state index in [0.29, 0.717) is 18.1 Å². The topological polar surface area (TPSA) is 74.5 Å². The summed E-state index contributed by atoms with van der Waals surface area (Å²) in [5, 5.41) is 10.8. The zero-order chi connectivity index (χ0) is 15.2. The number of ether oxygens (including phenoxy) is 2. The Morgan fingerprint density at radius 3 is 2.67 bits per heavy atom. The van der Waals surface area contributed by atoms with Crippen molar-refractivity contribution >= 4 is 17.3 Å². The Hall–Kier alpha value is -2.34. The summed E-state index contributed by atoms with van der Waals surface area (Å²) in [5.74, 6) is 1.01. The Labute approximate surface area is 126 Å². The third kappa shape index (κ3) is 4.06. The van der Waals surface area contributed by atoms with Crippen molar-refractivity contribution in [3.63, 3.8) is 0 Å². The van der Waals surface area contributed by atoms with Crippen molar-refractivity contribution in [1.29, 1.82) is 0 Å². The van der Waals surface area contributed by atoms with Crippen LogP contribution < -0.4 is 9.47 Å². The largest absolute Gasteiger partial charge is 0.490 e. The molecule has 2 aromatic rings. The number of aromatic nitrogens is 1. The molecule has 21 heavy (non-hydrogen) atoms. The lowest BCUT2D eigenvalue weighted by molar-refractivity contribution is -0.385. The maximum absolute atomic E-state index is 10.8. The van der Waals surface area contributed by atoms with Crippen LogP contribution in [0, 0.1) is 10.1 Å². The van der Waals surface area contributed by atoms with E-state index in [1.807, 2.05) is 13.0 Å². The minimum Gasteiger partial charge on any atom is -0.490 e. The van der Waals surface area contributed by atoms with Gasteiger partial charge in [0.15, 0.2) is 11.5 Å². The van der Waals surface area contributed by atoms with Gasteiger partial charge in [-0.2, -0.15) is 0 Å². The molecule has 0 fully saturated rings. The highest BCUT2D eigenvalue weighted by Gasteiger charge is 2.13. The number of halogens is 1. The van der Waals surface area contributed by atoms with Crippen LogP contribution in [0.1, 0.15) is 13.3 Å². The Morgan fingerprint density at radius 1 is 1.29 bits per heavy atom. The molecule has 110 valence electrons. The first-order chi connectivity index (χ1) is 10.1. The lowest BCUT2D eigenvalue weighted by atomic mass is 10.3. The summed E-state index contributed by atoms with van der Waals surface area (Å²) in [6.45, 7) is 2.54. The molecule has 0 aliphatic heterocycles. The average molecular weight is 309 g/mol. The first-order valence-electron chi connectivity index (χ1n) is 6.32. The number of rotatable bonds is 6. The van der Waals surface area contributed by atoms with Crippen molar-refractivity contribution in [2.24, 2.45) is 0 Å². The second-order valence-electron chi connectivity index (χ2n) is 4.14. The summed E-state index contributed by atoms with van der Waals surface area (Å²) in [4.78, 5) is 14.2. The van der Waals surface area contributed by atoms with Crippen LogP contribution in [0.5, 0.6) is 17.4 Å². The number of para-hydroxylation sites is 2. The van der Waals surface area contributed by atoms with Crippen molar-refractivity contribution in [2.75, 3.05) is 6.61 Å². The van der Waals surface area contributed by atoms with Crippen LogP contribution in [0.4, 0.5) is 5.69 Å². The van der Waals surface area contributed by atoms with Crippen molar-refractivity contribution in [3.8, 4) is 17.4 Å². The smallest absolute Gasteiger partial charge is 0.277 e. The minimum atomic E-state index is -0.556. The number of nitro groups is 1. The Balaban J connectivity index is 2.27. The van der Waals surface area contributed by atoms with Crippen LogP contribution in [0.25, 0.3) is 0 Å². The standard InChI is InChI=1S/C14H13ClN2O4/c1-2-7-20-11-5-3-4-6-12(11)21-14-9-10(17(18)19)8-13(15)16-14/h3-6,8-9H,2,7H2,1H3. The highest BCUT2D eigenvalue weighted by atomic mass is 35.5. The van der Waals surface area contributed by atoms with E-state index in [2.05, 4.69) is 4.98 Å². The fraction of sp³-hybridized carbons (Fsp3) is 0.214. The summed E-state index contributed by atoms with van der Waals surface area (Å²) < 4.78 is 11.1. The maximum Gasteiger partial charge on any atom is 0.277 e. The fourth-order valence-electron chi connectivity index (χ4n) is 1.60. The Bertz CT molecular complexity index is 649. The Kier molecular flexibility index (Phi) is 4.94. The minimum absolute atomic E-state index is 0.00819. The fourth-order valence-corrected chi connectivity index (χ4v) is 1.79. The van der Waals surface area contributed by atoms with Gasteiger partial charge in [-0.25, -0.2) is 4.98 Å². The molecule has 1 aromatic heterocycles. The molecule has 0 aliphatic rings. The van der Waals surface area contributed by atoms with Crippen LogP contribution in [0.3, 0.4) is 0 Å². The van der Waals surface area contributed by atoms with Gasteiger partial charge in [-0.15, -0.1) is 0 Å². The van der Waals surface area contributed by atoms with E-state index < -0.39 is 4.92 Å². The van der Waals surface area contributed by atoms with Crippen LogP contribution >= 0.6 is 11.6 Å². The molecule has 0 saturated carbocycles. The first kappa shape index (κ1) is 15.1. The summed E-state index contributed by atoms with van der Waals surface area (Å²) in [6, 6.07) is 9.40. The molecule has 1 heterocycles. The summed E-state index contributed by atoms with van der Waals surface area (Å²) >= 11 is 5.76. The van der Waals surface area contributed by atoms with E-state index in [0.717, 1.165) is 12.5 Å². The summed E-state index contributed by atoms with van der Waals surface area (Å²) in [5.41, 5.74) is -0.183. The van der Waals surface area contributed by atoms with Crippen molar-refractivity contribution < 1.29 is 14.4 Å². The highest BCUT2D eigenvalue weighted by Crippen LogP contribution is 2.32. The van der Waals surface area contributed by atoms with Crippen LogP contribution in [-0.2, 0) is 0 Å². The lowest BCUT2D eigenvalue weighted by Crippen LogP contribution is -1.98. The average Bonchev–Trinajstić information content (AvgIpc) is 2.45. The zero-order valence-corrected chi connectivity index (χ0v) is 12.0. The predicted octanol–water partition coefficient (Wildman–Crippen LogP) is 4.22. The van der Waals surface area contributed by atoms with E-state index in [-0.39, 0.29) is 16.7 Å². The molecular weight excluding hydrogens is 296 g/mol. The first-order valence-corrected chi connectivity index (χ1v) is 6.69. The number of hydrogen-bond acceptors (Lipinski definition) is 5. The molecule has 0 unspecified atom stereocenters. The van der Waals surface area contributed by atoms with Gasteiger partial charge in [0.25, 0.3) is 5.69 Å². The Morgan fingerprint density at radius 2 is 2.00 bits per heavy atom. The van der Waals surface area contributed by atoms with E-state index in [1.54, 1.807) is 18.2 Å². The van der Waals surface area contributed by atoms with Crippen LogP contribution in [0.15, 0.2) is 36.4 Å². The van der Waals surface area contributed by atoms with Crippen molar-refractivity contribution in [2.45, 2.75) is 13.3 Å². The van der Waals surface area contributed by atoms with Gasteiger partial charge in [0.05, 0.1) is 23.7 Å². The van der Waals surface area contributed by atoms with Crippen LogP contribution in [0.2, 0.25) is 5.15 Å². The molecular formula is C14H13ClN2O4. The molecule has 0 saturated heterocycles. The van der Waals surface area contributed by atoms with Gasteiger partial charge in [0.2, 0.25) is 5.88 Å². The van der Waals surface area contributed by atoms with Crippen molar-refractivity contribution in [1.82, 2.24) is 4.98 Å². The van der Waals surface area contributed by atoms with Gasteiger partial charge in [0.1, 0.15) is 5.15 Å². The molecule has 0 aliphatic carbocycles. The molecule has 0 amide bonds. The monoisotopic (exact) mass is 308 g/mol. The number of hydrogen-bond donors (Lipinski definition) is 0. The second kappa shape index (κ2) is 6.90. The summed E-state index contributed by atoms with van der Waals surface area (Å²) in [7, 11) is 0. The normalized spacial score (nSPS) is 10.2. The number of benzene rings is 1. The third-order valence-electron chi connectivity index (χ3n) is 2.49. The molecule has 2 rings (SSSR count). The van der Waals surface area contributed by atoms with Crippen LogP contribution in [-0.4, -0.2) is 16.5 Å². The quantitative estimate of drug-likeness (QED) is 0.453. The highest BCUT2D eigenvalue weighted by molar-refractivity contribution is 6.29. The second-order valence-corrected chi connectivity index (χ2v) is 4.53. The van der Waals surface area contributed by atoms with E-state index >= 15 is 0 Å². The molecule has 0 N–H and O–H groups in total. The lowest BCUT2D eigenvalue weighted by Gasteiger charge is -2.11. The SMILES string of the molecule is CCCOc1ccccc1Oc1cc([N+](=O)[O-])cc(Cl)n1. The molecule has 7 heteroatoms. The number of pyridine rings is 1.